The van der Waals surface area contributed by atoms with Crippen molar-refractivity contribution in [1.82, 2.24) is 4.98 Å². The van der Waals surface area contributed by atoms with Crippen LogP contribution in [0, 0.1) is 0 Å². The molecule has 0 saturated carbocycles. The van der Waals surface area contributed by atoms with E-state index in [-0.39, 0.29) is 5.91 Å². The van der Waals surface area contributed by atoms with Gasteiger partial charge in [0.05, 0.1) is 11.4 Å². The van der Waals surface area contributed by atoms with Crippen molar-refractivity contribution in [3.05, 3.63) is 71.6 Å². The minimum atomic E-state index is 0.0136. The third kappa shape index (κ3) is 3.99. The molecule has 1 aliphatic rings. The lowest BCUT2D eigenvalue weighted by Gasteiger charge is -2.07. The van der Waals surface area contributed by atoms with Crippen LogP contribution in [0.2, 0.25) is 0 Å². The van der Waals surface area contributed by atoms with E-state index in [9.17, 15) is 4.79 Å². The van der Waals surface area contributed by atoms with Gasteiger partial charge in [0.2, 0.25) is 11.8 Å². The first-order valence-corrected chi connectivity index (χ1v) is 9.92. The smallest absolute Gasteiger partial charge is 0.234 e. The van der Waals surface area contributed by atoms with Crippen molar-refractivity contribution < 1.29 is 9.21 Å². The molecule has 0 aliphatic heterocycles. The normalized spacial score (nSPS) is 12.8. The molecule has 4 rings (SSSR count). The van der Waals surface area contributed by atoms with Gasteiger partial charge in [-0.25, -0.2) is 4.98 Å². The molecule has 26 heavy (non-hydrogen) atoms. The number of nitrogens with zero attached hydrogens (tertiary/aromatic N) is 1. The minimum Gasteiger partial charge on any atom is -0.444 e. The lowest BCUT2D eigenvalue weighted by atomic mass is 10.1. The van der Waals surface area contributed by atoms with Crippen LogP contribution in [0.25, 0.3) is 11.5 Å². The Morgan fingerprint density at radius 2 is 1.96 bits per heavy atom. The molecule has 1 heterocycles. The van der Waals surface area contributed by atoms with Crippen molar-refractivity contribution in [3.63, 3.8) is 0 Å². The van der Waals surface area contributed by atoms with Gasteiger partial charge in [0, 0.05) is 17.0 Å². The summed E-state index contributed by atoms with van der Waals surface area (Å²) in [5.41, 5.74) is 5.48. The number of hydrogen-bond donors (Lipinski definition) is 1. The Kier molecular flexibility index (Phi) is 5.07. The molecule has 1 aliphatic carbocycles. The lowest BCUT2D eigenvalue weighted by molar-refractivity contribution is -0.113. The van der Waals surface area contributed by atoms with Gasteiger partial charge < -0.3 is 9.73 Å². The number of carbonyl (C=O) groups excluding carboxylic acids is 1. The summed E-state index contributed by atoms with van der Waals surface area (Å²) in [6.07, 6.45) is 5.14. The van der Waals surface area contributed by atoms with E-state index in [1.807, 2.05) is 36.4 Å². The molecular weight excluding hydrogens is 344 g/mol. The van der Waals surface area contributed by atoms with Crippen LogP contribution in [-0.4, -0.2) is 16.6 Å². The number of oxazole rings is 1. The second-order valence-electron chi connectivity index (χ2n) is 6.39. The largest absolute Gasteiger partial charge is 0.444 e. The summed E-state index contributed by atoms with van der Waals surface area (Å²) in [4.78, 5) is 16.6. The molecule has 0 fully saturated rings. The molecule has 1 amide bonds. The Hall–Kier alpha value is -2.53. The molecule has 0 unspecified atom stereocenters. The number of aryl methyl sites for hydroxylation is 2. The topological polar surface area (TPSA) is 55.1 Å². The van der Waals surface area contributed by atoms with Gasteiger partial charge in [-0.2, -0.15) is 0 Å². The van der Waals surface area contributed by atoms with Crippen molar-refractivity contribution in [2.75, 3.05) is 11.1 Å². The van der Waals surface area contributed by atoms with E-state index in [1.165, 1.54) is 29.3 Å². The fourth-order valence-corrected chi connectivity index (χ4v) is 3.88. The Morgan fingerprint density at radius 1 is 1.12 bits per heavy atom. The van der Waals surface area contributed by atoms with Crippen LogP contribution in [0.1, 0.15) is 23.2 Å². The standard InChI is InChI=1S/C21H20N2O2S/c24-20(22-18-10-9-15-7-4-8-17(15)11-18)14-26-13-19-12-25-21(23-19)16-5-2-1-3-6-16/h1-3,5-6,9-12H,4,7-8,13-14H2,(H,22,24). The van der Waals surface area contributed by atoms with E-state index in [0.29, 0.717) is 17.4 Å². The molecule has 3 aromatic rings. The molecule has 1 N–H and O–H groups in total. The summed E-state index contributed by atoms with van der Waals surface area (Å²) in [6, 6.07) is 16.0. The molecular formula is C21H20N2O2S. The minimum absolute atomic E-state index is 0.0136. The first-order chi connectivity index (χ1) is 12.8. The number of aromatic nitrogens is 1. The molecule has 0 radical (unpaired) electrons. The highest BCUT2D eigenvalue weighted by Crippen LogP contribution is 2.25. The molecule has 4 nitrogen and oxygen atoms in total. The van der Waals surface area contributed by atoms with Crippen LogP contribution >= 0.6 is 11.8 Å². The van der Waals surface area contributed by atoms with Gasteiger partial charge in [-0.05, 0) is 54.7 Å². The quantitative estimate of drug-likeness (QED) is 0.689. The predicted octanol–water partition coefficient (Wildman–Crippen LogP) is 4.70. The van der Waals surface area contributed by atoms with Gasteiger partial charge in [0.25, 0.3) is 0 Å². The van der Waals surface area contributed by atoms with E-state index < -0.39 is 0 Å². The molecule has 0 atom stereocenters. The number of nitrogens with one attached hydrogen (secondary N) is 1. The SMILES string of the molecule is O=C(CSCc1coc(-c2ccccc2)n1)Nc1ccc2c(c1)CCC2. The second kappa shape index (κ2) is 7.79. The van der Waals surface area contributed by atoms with Crippen molar-refractivity contribution in [3.8, 4) is 11.5 Å². The summed E-state index contributed by atoms with van der Waals surface area (Å²) in [5.74, 6) is 1.67. The molecule has 0 spiro atoms. The number of rotatable bonds is 6. The number of anilines is 1. The van der Waals surface area contributed by atoms with Crippen LogP contribution in [0.3, 0.4) is 0 Å². The van der Waals surface area contributed by atoms with Gasteiger partial charge >= 0.3 is 0 Å². The summed E-state index contributed by atoms with van der Waals surface area (Å²) in [5, 5.41) is 2.99. The number of fused-ring (bicyclic) bond motifs is 1. The van der Waals surface area contributed by atoms with Crippen LogP contribution in [0.4, 0.5) is 5.69 Å². The fourth-order valence-electron chi connectivity index (χ4n) is 3.18. The van der Waals surface area contributed by atoms with Gasteiger partial charge in [-0.3, -0.25) is 4.79 Å². The maximum atomic E-state index is 12.2. The molecule has 0 bridgehead atoms. The summed E-state index contributed by atoms with van der Waals surface area (Å²) in [6.45, 7) is 0. The molecule has 5 heteroatoms. The Labute approximate surface area is 157 Å². The van der Waals surface area contributed by atoms with Crippen LogP contribution in [0.15, 0.2) is 59.2 Å². The average molecular weight is 364 g/mol. The van der Waals surface area contributed by atoms with Gasteiger partial charge in [0.15, 0.2) is 0 Å². The van der Waals surface area contributed by atoms with Gasteiger partial charge in [-0.1, -0.05) is 24.3 Å². The Morgan fingerprint density at radius 3 is 2.85 bits per heavy atom. The van der Waals surface area contributed by atoms with Crippen molar-refractivity contribution in [1.29, 1.82) is 0 Å². The molecule has 2 aromatic carbocycles. The second-order valence-corrected chi connectivity index (χ2v) is 7.37. The van der Waals surface area contributed by atoms with Crippen molar-refractivity contribution in [2.45, 2.75) is 25.0 Å². The lowest BCUT2D eigenvalue weighted by Crippen LogP contribution is -2.14. The number of hydrogen-bond acceptors (Lipinski definition) is 4. The van der Waals surface area contributed by atoms with Gasteiger partial charge in [-0.15, -0.1) is 11.8 Å². The highest BCUT2D eigenvalue weighted by atomic mass is 32.2. The molecule has 132 valence electrons. The van der Waals surface area contributed by atoms with Gasteiger partial charge in [0.1, 0.15) is 6.26 Å². The van der Waals surface area contributed by atoms with E-state index >= 15 is 0 Å². The maximum Gasteiger partial charge on any atom is 0.234 e. The Balaban J connectivity index is 1.27. The average Bonchev–Trinajstić information content (AvgIpc) is 3.31. The van der Waals surface area contributed by atoms with Crippen molar-refractivity contribution >= 4 is 23.4 Å². The number of thioether (sulfide) groups is 1. The Bertz CT molecular complexity index is 905. The predicted molar refractivity (Wildman–Crippen MR) is 105 cm³/mol. The van der Waals surface area contributed by atoms with Crippen LogP contribution < -0.4 is 5.32 Å². The van der Waals surface area contributed by atoms with E-state index in [1.54, 1.807) is 6.26 Å². The zero-order valence-corrected chi connectivity index (χ0v) is 15.2. The first-order valence-electron chi connectivity index (χ1n) is 8.77. The van der Waals surface area contributed by atoms with Crippen LogP contribution in [-0.2, 0) is 23.4 Å². The fraction of sp³-hybridized carbons (Fsp3) is 0.238. The van der Waals surface area contributed by atoms with Crippen LogP contribution in [0.5, 0.6) is 0 Å². The first kappa shape index (κ1) is 16.9. The molecule has 1 aromatic heterocycles. The summed E-state index contributed by atoms with van der Waals surface area (Å²) in [7, 11) is 0. The third-order valence-corrected chi connectivity index (χ3v) is 5.40. The maximum absolute atomic E-state index is 12.2. The zero-order valence-electron chi connectivity index (χ0n) is 14.4. The van der Waals surface area contributed by atoms with Crippen molar-refractivity contribution in [2.24, 2.45) is 0 Å². The van der Waals surface area contributed by atoms with E-state index in [0.717, 1.165) is 29.8 Å². The summed E-state index contributed by atoms with van der Waals surface area (Å²) >= 11 is 1.53. The number of amides is 1. The number of benzene rings is 2. The zero-order chi connectivity index (χ0) is 17.8. The highest BCUT2D eigenvalue weighted by molar-refractivity contribution is 7.99. The molecule has 0 saturated heterocycles. The third-order valence-electron chi connectivity index (χ3n) is 4.44. The van der Waals surface area contributed by atoms with E-state index in [2.05, 4.69) is 22.4 Å². The summed E-state index contributed by atoms with van der Waals surface area (Å²) < 4.78 is 5.52. The number of carbonyl (C=O) groups is 1. The van der Waals surface area contributed by atoms with E-state index in [4.69, 9.17) is 4.42 Å². The highest BCUT2D eigenvalue weighted by Gasteiger charge is 2.12. The monoisotopic (exact) mass is 364 g/mol.